The second kappa shape index (κ2) is 5.07. The summed E-state index contributed by atoms with van der Waals surface area (Å²) < 4.78 is 13.5. The first-order chi connectivity index (χ1) is 9.93. The summed E-state index contributed by atoms with van der Waals surface area (Å²) in [5.41, 5.74) is 0.432. The van der Waals surface area contributed by atoms with E-state index in [4.69, 9.17) is 0 Å². The Bertz CT molecular complexity index is 556. The first-order valence-electron chi connectivity index (χ1n) is 7.44. The van der Waals surface area contributed by atoms with Crippen molar-refractivity contribution < 1.29 is 9.18 Å². The molecule has 2 atom stereocenters. The van der Waals surface area contributed by atoms with Crippen LogP contribution in [0.25, 0.3) is 0 Å². The van der Waals surface area contributed by atoms with Gasteiger partial charge < -0.3 is 9.80 Å². The highest BCUT2D eigenvalue weighted by molar-refractivity contribution is 5.92. The van der Waals surface area contributed by atoms with Crippen molar-refractivity contribution >= 4 is 5.91 Å². The van der Waals surface area contributed by atoms with Crippen molar-refractivity contribution in [3.63, 3.8) is 0 Å². The van der Waals surface area contributed by atoms with Gasteiger partial charge in [-0.15, -0.1) is 0 Å². The van der Waals surface area contributed by atoms with Crippen LogP contribution >= 0.6 is 0 Å². The van der Waals surface area contributed by atoms with E-state index in [1.54, 1.807) is 6.07 Å². The third-order valence-corrected chi connectivity index (χ3v) is 4.65. The summed E-state index contributed by atoms with van der Waals surface area (Å²) in [5.74, 6) is -0.107. The molecular weight excluding hydrogens is 269 g/mol. The molecule has 1 aliphatic heterocycles. The lowest BCUT2D eigenvalue weighted by Gasteiger charge is -2.30. The highest BCUT2D eigenvalue weighted by Gasteiger charge is 2.59. The molecule has 1 heterocycles. The van der Waals surface area contributed by atoms with Gasteiger partial charge in [-0.05, 0) is 51.6 Å². The van der Waals surface area contributed by atoms with Gasteiger partial charge in [0.2, 0.25) is 5.91 Å². The van der Waals surface area contributed by atoms with E-state index in [2.05, 4.69) is 17.1 Å². The number of carbonyl (C=O) groups excluding carboxylic acids is 1. The van der Waals surface area contributed by atoms with Crippen LogP contribution < -0.4 is 5.32 Å². The standard InChI is InChI=1S/C16H22FN3O/c1-11(19(2)3)10-20-14(12-5-4-6-13(17)9-12)18-16(7-8-16)15(20)21/h4-6,9,11,14,18H,7-8,10H2,1-3H3. The van der Waals surface area contributed by atoms with Crippen LogP contribution in [0.3, 0.4) is 0 Å². The average molecular weight is 291 g/mol. The molecule has 21 heavy (non-hydrogen) atoms. The monoisotopic (exact) mass is 291 g/mol. The zero-order valence-corrected chi connectivity index (χ0v) is 12.8. The van der Waals surface area contributed by atoms with Gasteiger partial charge in [-0.3, -0.25) is 10.1 Å². The fourth-order valence-corrected chi connectivity index (χ4v) is 2.85. The molecule has 1 saturated heterocycles. The van der Waals surface area contributed by atoms with Crippen LogP contribution in [0.15, 0.2) is 24.3 Å². The number of likely N-dealkylation sites (N-methyl/N-ethyl adjacent to an activating group) is 1. The number of hydrogen-bond donors (Lipinski definition) is 1. The second-order valence-electron chi connectivity index (χ2n) is 6.45. The number of halogens is 1. The Hall–Kier alpha value is -1.46. The number of nitrogens with one attached hydrogen (secondary N) is 1. The third-order valence-electron chi connectivity index (χ3n) is 4.65. The number of carbonyl (C=O) groups is 1. The lowest BCUT2D eigenvalue weighted by Crippen LogP contribution is -2.41. The van der Waals surface area contributed by atoms with Crippen LogP contribution in [0.4, 0.5) is 4.39 Å². The topological polar surface area (TPSA) is 35.6 Å². The number of nitrogens with zero attached hydrogens (tertiary/aromatic N) is 2. The Labute approximate surface area is 124 Å². The van der Waals surface area contributed by atoms with Gasteiger partial charge in [0.25, 0.3) is 0 Å². The van der Waals surface area contributed by atoms with Crippen molar-refractivity contribution in [1.82, 2.24) is 15.1 Å². The predicted molar refractivity (Wildman–Crippen MR) is 79.1 cm³/mol. The summed E-state index contributed by atoms with van der Waals surface area (Å²) in [6.07, 6.45) is 1.53. The molecule has 1 aliphatic carbocycles. The van der Waals surface area contributed by atoms with E-state index >= 15 is 0 Å². The number of rotatable bonds is 4. The normalized spacial score (nSPS) is 24.9. The largest absolute Gasteiger partial charge is 0.320 e. The minimum absolute atomic E-state index is 0.158. The van der Waals surface area contributed by atoms with Crippen molar-refractivity contribution in [2.45, 2.75) is 37.5 Å². The molecule has 3 rings (SSSR count). The molecule has 0 aromatic heterocycles. The number of amides is 1. The SMILES string of the molecule is CC(CN1C(=O)C2(CC2)NC1c1cccc(F)c1)N(C)C. The van der Waals surface area contributed by atoms with Crippen LogP contribution in [0.5, 0.6) is 0 Å². The van der Waals surface area contributed by atoms with Crippen LogP contribution in [-0.4, -0.2) is 47.9 Å². The first kappa shape index (κ1) is 14.5. The summed E-state index contributed by atoms with van der Waals surface area (Å²) >= 11 is 0. The maximum atomic E-state index is 13.5. The van der Waals surface area contributed by atoms with E-state index in [1.165, 1.54) is 12.1 Å². The highest BCUT2D eigenvalue weighted by atomic mass is 19.1. The van der Waals surface area contributed by atoms with E-state index in [-0.39, 0.29) is 29.5 Å². The molecule has 1 saturated carbocycles. The van der Waals surface area contributed by atoms with Gasteiger partial charge in [-0.25, -0.2) is 4.39 Å². The lowest BCUT2D eigenvalue weighted by molar-refractivity contribution is -0.131. The smallest absolute Gasteiger partial charge is 0.244 e. The quantitative estimate of drug-likeness (QED) is 0.918. The zero-order valence-electron chi connectivity index (χ0n) is 12.8. The minimum Gasteiger partial charge on any atom is -0.320 e. The van der Waals surface area contributed by atoms with Gasteiger partial charge >= 0.3 is 0 Å². The van der Waals surface area contributed by atoms with Gasteiger partial charge in [-0.2, -0.15) is 0 Å². The second-order valence-corrected chi connectivity index (χ2v) is 6.45. The maximum absolute atomic E-state index is 13.5. The van der Waals surface area contributed by atoms with Crippen LogP contribution in [-0.2, 0) is 4.79 Å². The molecule has 4 nitrogen and oxygen atoms in total. The zero-order chi connectivity index (χ0) is 15.2. The molecule has 1 spiro atoms. The van der Waals surface area contributed by atoms with Gasteiger partial charge in [0, 0.05) is 12.6 Å². The predicted octanol–water partition coefficient (Wildman–Crippen LogP) is 1.74. The van der Waals surface area contributed by atoms with Gasteiger partial charge in [0.05, 0.1) is 0 Å². The van der Waals surface area contributed by atoms with E-state index in [9.17, 15) is 9.18 Å². The van der Waals surface area contributed by atoms with E-state index in [1.807, 2.05) is 25.1 Å². The van der Waals surface area contributed by atoms with E-state index in [0.717, 1.165) is 18.4 Å². The average Bonchev–Trinajstić information content (AvgIpc) is 3.17. The fraction of sp³-hybridized carbons (Fsp3) is 0.562. The summed E-state index contributed by atoms with van der Waals surface area (Å²) in [6.45, 7) is 2.73. The molecule has 114 valence electrons. The maximum Gasteiger partial charge on any atom is 0.244 e. The summed E-state index contributed by atoms with van der Waals surface area (Å²) in [5, 5.41) is 3.42. The van der Waals surface area contributed by atoms with Crippen molar-refractivity contribution in [1.29, 1.82) is 0 Å². The van der Waals surface area contributed by atoms with Gasteiger partial charge in [-0.1, -0.05) is 12.1 Å². The molecule has 0 radical (unpaired) electrons. The Morgan fingerprint density at radius 2 is 2.19 bits per heavy atom. The van der Waals surface area contributed by atoms with Crippen LogP contribution in [0, 0.1) is 5.82 Å². The Balaban J connectivity index is 1.88. The molecule has 2 fully saturated rings. The fourth-order valence-electron chi connectivity index (χ4n) is 2.85. The van der Waals surface area contributed by atoms with Crippen LogP contribution in [0.1, 0.15) is 31.5 Å². The third kappa shape index (κ3) is 2.56. The molecule has 0 bridgehead atoms. The lowest BCUT2D eigenvalue weighted by atomic mass is 10.1. The molecule has 2 aliphatic rings. The Morgan fingerprint density at radius 1 is 1.48 bits per heavy atom. The molecule has 2 unspecified atom stereocenters. The van der Waals surface area contributed by atoms with Crippen molar-refractivity contribution in [2.24, 2.45) is 0 Å². The Kier molecular flexibility index (Phi) is 3.50. The van der Waals surface area contributed by atoms with Gasteiger partial charge in [0.1, 0.15) is 17.5 Å². The molecule has 1 aromatic rings. The molecule has 1 amide bonds. The summed E-state index contributed by atoms with van der Waals surface area (Å²) in [6, 6.07) is 6.77. The number of hydrogen-bond acceptors (Lipinski definition) is 3. The van der Waals surface area contributed by atoms with Crippen molar-refractivity contribution in [3.8, 4) is 0 Å². The highest BCUT2D eigenvalue weighted by Crippen LogP contribution is 2.46. The van der Waals surface area contributed by atoms with Gasteiger partial charge in [0.15, 0.2) is 0 Å². The number of benzene rings is 1. The van der Waals surface area contributed by atoms with E-state index < -0.39 is 0 Å². The first-order valence-corrected chi connectivity index (χ1v) is 7.44. The summed E-state index contributed by atoms with van der Waals surface area (Å²) in [4.78, 5) is 16.6. The van der Waals surface area contributed by atoms with Crippen LogP contribution in [0.2, 0.25) is 0 Å². The molecule has 5 heteroatoms. The molecule has 1 aromatic carbocycles. The minimum atomic E-state index is -0.386. The Morgan fingerprint density at radius 3 is 2.76 bits per heavy atom. The molecular formula is C16H22FN3O. The molecule has 1 N–H and O–H groups in total. The van der Waals surface area contributed by atoms with E-state index in [0.29, 0.717) is 6.54 Å². The van der Waals surface area contributed by atoms with Crippen molar-refractivity contribution in [2.75, 3.05) is 20.6 Å². The van der Waals surface area contributed by atoms with Crippen molar-refractivity contribution in [3.05, 3.63) is 35.6 Å². The summed E-state index contributed by atoms with van der Waals surface area (Å²) in [7, 11) is 4.01.